The molecule has 0 heterocycles. The summed E-state index contributed by atoms with van der Waals surface area (Å²) in [5.41, 5.74) is 1.73. The summed E-state index contributed by atoms with van der Waals surface area (Å²) in [7, 11) is 1.75. The molecule has 2 aromatic carbocycles. The normalized spacial score (nSPS) is 11.5. The molecule has 0 radical (unpaired) electrons. The van der Waals surface area contributed by atoms with Gasteiger partial charge in [0.15, 0.2) is 18.9 Å². The van der Waals surface area contributed by atoms with Crippen molar-refractivity contribution >= 4 is 40.6 Å². The Morgan fingerprint density at radius 3 is 2.08 bits per heavy atom. The van der Waals surface area contributed by atoms with Crippen LogP contribution >= 0.6 is 11.6 Å². The molecule has 7 heteroatoms. The summed E-state index contributed by atoms with van der Waals surface area (Å²) in [6, 6.07) is 13.6. The van der Waals surface area contributed by atoms with Crippen molar-refractivity contribution in [3.63, 3.8) is 0 Å². The molecule has 0 aromatic heterocycles. The smallest absolute Gasteiger partial charge is 0.279 e. The largest absolute Gasteiger partial charge is 0.322 e. The van der Waals surface area contributed by atoms with Gasteiger partial charge < -0.3 is 15.5 Å². The zero-order chi connectivity index (χ0) is 19.1. The number of quaternary nitrogens is 1. The van der Waals surface area contributed by atoms with Crippen LogP contribution in [0.25, 0.3) is 0 Å². The average molecular weight is 375 g/mol. The molecule has 0 aliphatic carbocycles. The molecule has 0 aliphatic heterocycles. The van der Waals surface area contributed by atoms with Gasteiger partial charge in [0, 0.05) is 11.3 Å². The molecule has 0 saturated carbocycles. The minimum absolute atomic E-state index is 0.0309. The quantitative estimate of drug-likeness (QED) is 0.644. The Balaban J connectivity index is 1.82. The van der Waals surface area contributed by atoms with Gasteiger partial charge in [-0.25, -0.2) is 0 Å². The number of Topliss-reactive ketones (excluding diaryl/α,β-unsaturated/α-hetero) is 1. The van der Waals surface area contributed by atoms with E-state index in [-0.39, 0.29) is 30.7 Å². The Hall–Kier alpha value is -2.70. The highest BCUT2D eigenvalue weighted by atomic mass is 35.5. The Labute approximate surface area is 157 Å². The van der Waals surface area contributed by atoms with Crippen LogP contribution in [-0.4, -0.2) is 37.7 Å². The van der Waals surface area contributed by atoms with Crippen LogP contribution in [0, 0.1) is 0 Å². The van der Waals surface area contributed by atoms with E-state index in [4.69, 9.17) is 11.6 Å². The van der Waals surface area contributed by atoms with Gasteiger partial charge in [0.25, 0.3) is 11.8 Å². The molecule has 1 atom stereocenters. The number of anilines is 2. The van der Waals surface area contributed by atoms with Gasteiger partial charge in [-0.1, -0.05) is 23.7 Å². The van der Waals surface area contributed by atoms with E-state index in [0.717, 1.165) is 4.90 Å². The topological polar surface area (TPSA) is 79.7 Å². The summed E-state index contributed by atoms with van der Waals surface area (Å²) >= 11 is 6.00. The first-order valence-corrected chi connectivity index (χ1v) is 8.49. The van der Waals surface area contributed by atoms with E-state index in [0.29, 0.717) is 22.0 Å². The number of rotatable bonds is 7. The van der Waals surface area contributed by atoms with E-state index in [1.807, 2.05) is 0 Å². The number of hydrogen-bond donors (Lipinski definition) is 3. The maximum Gasteiger partial charge on any atom is 0.279 e. The van der Waals surface area contributed by atoms with Gasteiger partial charge >= 0.3 is 0 Å². The molecule has 0 bridgehead atoms. The maximum absolute atomic E-state index is 12.1. The van der Waals surface area contributed by atoms with E-state index in [9.17, 15) is 14.4 Å². The molecule has 2 amide bonds. The third-order valence-corrected chi connectivity index (χ3v) is 3.98. The number of ketones is 1. The average Bonchev–Trinajstić information content (AvgIpc) is 2.57. The van der Waals surface area contributed by atoms with Gasteiger partial charge in [0.1, 0.15) is 0 Å². The van der Waals surface area contributed by atoms with Crippen LogP contribution in [0.1, 0.15) is 17.3 Å². The van der Waals surface area contributed by atoms with Crippen molar-refractivity contribution in [1.29, 1.82) is 0 Å². The SMILES string of the molecule is CC(=O)c1ccc(NC(=O)C[NH+](C)CC(=O)Nc2ccccc2Cl)cc1. The number of para-hydroxylation sites is 1. The highest BCUT2D eigenvalue weighted by Gasteiger charge is 2.15. The van der Waals surface area contributed by atoms with Gasteiger partial charge in [-0.05, 0) is 43.3 Å². The number of likely N-dealkylation sites (N-methyl/N-ethyl adjacent to an activating group) is 1. The van der Waals surface area contributed by atoms with Crippen molar-refractivity contribution in [2.75, 3.05) is 30.8 Å². The lowest BCUT2D eigenvalue weighted by Gasteiger charge is -2.14. The number of carbonyl (C=O) groups is 3. The number of halogens is 1. The zero-order valence-corrected chi connectivity index (χ0v) is 15.4. The van der Waals surface area contributed by atoms with Crippen LogP contribution in [0.5, 0.6) is 0 Å². The van der Waals surface area contributed by atoms with Crippen LogP contribution in [0.4, 0.5) is 11.4 Å². The van der Waals surface area contributed by atoms with Crippen molar-refractivity contribution < 1.29 is 19.3 Å². The molecule has 2 aromatic rings. The highest BCUT2D eigenvalue weighted by molar-refractivity contribution is 6.33. The van der Waals surface area contributed by atoms with Crippen molar-refractivity contribution in [3.8, 4) is 0 Å². The second-order valence-electron chi connectivity index (χ2n) is 6.02. The first kappa shape index (κ1) is 19.6. The molecule has 0 aliphatic rings. The Morgan fingerprint density at radius 1 is 0.923 bits per heavy atom. The third kappa shape index (κ3) is 5.98. The monoisotopic (exact) mass is 374 g/mol. The highest BCUT2D eigenvalue weighted by Crippen LogP contribution is 2.19. The fraction of sp³-hybridized carbons (Fsp3) is 0.211. The van der Waals surface area contributed by atoms with Gasteiger partial charge in [-0.2, -0.15) is 0 Å². The first-order valence-electron chi connectivity index (χ1n) is 8.11. The molecule has 0 saturated heterocycles. The van der Waals surface area contributed by atoms with Crippen LogP contribution in [0.15, 0.2) is 48.5 Å². The second-order valence-corrected chi connectivity index (χ2v) is 6.43. The molecule has 6 nitrogen and oxygen atoms in total. The summed E-state index contributed by atoms with van der Waals surface area (Å²) in [5.74, 6) is -0.477. The predicted molar refractivity (Wildman–Crippen MR) is 102 cm³/mol. The van der Waals surface area contributed by atoms with Gasteiger partial charge in [-0.3, -0.25) is 14.4 Å². The second kappa shape index (κ2) is 9.12. The fourth-order valence-corrected chi connectivity index (χ4v) is 2.54. The Morgan fingerprint density at radius 2 is 1.50 bits per heavy atom. The van der Waals surface area contributed by atoms with Gasteiger partial charge in [-0.15, -0.1) is 0 Å². The van der Waals surface area contributed by atoms with Crippen LogP contribution in [0.3, 0.4) is 0 Å². The van der Waals surface area contributed by atoms with Crippen LogP contribution in [-0.2, 0) is 9.59 Å². The molecule has 2 rings (SSSR count). The van der Waals surface area contributed by atoms with Crippen LogP contribution < -0.4 is 15.5 Å². The number of benzene rings is 2. The first-order chi connectivity index (χ1) is 12.3. The predicted octanol–water partition coefficient (Wildman–Crippen LogP) is 1.63. The van der Waals surface area contributed by atoms with Crippen molar-refractivity contribution in [2.24, 2.45) is 0 Å². The van der Waals surface area contributed by atoms with E-state index in [2.05, 4.69) is 10.6 Å². The van der Waals surface area contributed by atoms with Crippen LogP contribution in [0.2, 0.25) is 5.02 Å². The summed E-state index contributed by atoms with van der Waals surface area (Å²) in [4.78, 5) is 36.1. The summed E-state index contributed by atoms with van der Waals surface area (Å²) < 4.78 is 0. The maximum atomic E-state index is 12.1. The Bertz CT molecular complexity index is 806. The fourth-order valence-electron chi connectivity index (χ4n) is 2.36. The molecule has 136 valence electrons. The standard InChI is InChI=1S/C19H20ClN3O3/c1-13(24)14-7-9-15(10-8-14)21-18(25)11-23(2)12-19(26)22-17-6-4-3-5-16(17)20/h3-10H,11-12H2,1-2H3,(H,21,25)(H,22,26)/p+1. The van der Waals surface area contributed by atoms with E-state index in [1.54, 1.807) is 55.6 Å². The number of carbonyl (C=O) groups excluding carboxylic acids is 3. The van der Waals surface area contributed by atoms with Crippen molar-refractivity contribution in [3.05, 3.63) is 59.1 Å². The molecule has 26 heavy (non-hydrogen) atoms. The molecule has 1 unspecified atom stereocenters. The van der Waals surface area contributed by atoms with E-state index >= 15 is 0 Å². The summed E-state index contributed by atoms with van der Waals surface area (Å²) in [5, 5.41) is 5.94. The molecule has 0 spiro atoms. The van der Waals surface area contributed by atoms with Gasteiger partial charge in [0.2, 0.25) is 0 Å². The molecular formula is C19H21ClN3O3+. The molecule has 0 fully saturated rings. The number of nitrogens with one attached hydrogen (secondary N) is 3. The van der Waals surface area contributed by atoms with E-state index < -0.39 is 0 Å². The minimum Gasteiger partial charge on any atom is -0.322 e. The lowest BCUT2D eigenvalue weighted by molar-refractivity contribution is -0.862. The zero-order valence-electron chi connectivity index (χ0n) is 14.6. The lowest BCUT2D eigenvalue weighted by atomic mass is 10.1. The summed E-state index contributed by atoms with van der Waals surface area (Å²) in [6.45, 7) is 1.74. The van der Waals surface area contributed by atoms with Gasteiger partial charge in [0.05, 0.1) is 17.8 Å². The molecular weight excluding hydrogens is 354 g/mol. The third-order valence-electron chi connectivity index (χ3n) is 3.65. The van der Waals surface area contributed by atoms with Crippen molar-refractivity contribution in [1.82, 2.24) is 0 Å². The number of amides is 2. The summed E-state index contributed by atoms with van der Waals surface area (Å²) in [6.07, 6.45) is 0. The Kier molecular flexibility index (Phi) is 6.89. The number of hydrogen-bond acceptors (Lipinski definition) is 3. The lowest BCUT2D eigenvalue weighted by Crippen LogP contribution is -3.11. The molecule has 3 N–H and O–H groups in total. The minimum atomic E-state index is -0.228. The van der Waals surface area contributed by atoms with Crippen molar-refractivity contribution in [2.45, 2.75) is 6.92 Å². The van der Waals surface area contributed by atoms with E-state index in [1.165, 1.54) is 6.92 Å².